The molecule has 3 aromatic rings. The zero-order chi connectivity index (χ0) is 17.8. The average Bonchev–Trinajstić information content (AvgIpc) is 3.17. The molecule has 0 radical (unpaired) electrons. The van der Waals surface area contributed by atoms with Gasteiger partial charge < -0.3 is 9.84 Å². The van der Waals surface area contributed by atoms with E-state index < -0.39 is 0 Å². The first-order valence-corrected chi connectivity index (χ1v) is 8.27. The number of aromatic hydroxyl groups is 1. The Labute approximate surface area is 153 Å². The van der Waals surface area contributed by atoms with E-state index in [2.05, 4.69) is 21.0 Å². The van der Waals surface area contributed by atoms with Gasteiger partial charge in [0.15, 0.2) is 5.78 Å². The van der Waals surface area contributed by atoms with Crippen LogP contribution in [0, 0.1) is 0 Å². The number of hydrogen-bond acceptors (Lipinski definition) is 4. The summed E-state index contributed by atoms with van der Waals surface area (Å²) in [4.78, 5) is 12.4. The van der Waals surface area contributed by atoms with Gasteiger partial charge in [0.1, 0.15) is 11.5 Å². The summed E-state index contributed by atoms with van der Waals surface area (Å²) in [6.45, 7) is 0. The molecule has 1 heterocycles. The molecule has 0 atom stereocenters. The number of aromatic nitrogens is 2. The molecule has 6 heteroatoms. The van der Waals surface area contributed by atoms with Crippen LogP contribution in [-0.2, 0) is 0 Å². The lowest BCUT2D eigenvalue weighted by atomic mass is 10.1. The number of phenolic OH excluding ortho intramolecular Hbond substituents is 1. The van der Waals surface area contributed by atoms with Crippen molar-refractivity contribution >= 4 is 27.8 Å². The summed E-state index contributed by atoms with van der Waals surface area (Å²) in [6, 6.07) is 12.2. The van der Waals surface area contributed by atoms with Crippen molar-refractivity contribution in [3.63, 3.8) is 0 Å². The second-order valence-corrected chi connectivity index (χ2v) is 6.09. The number of phenols is 1. The molecule has 0 aliphatic heterocycles. The minimum absolute atomic E-state index is 0.0783. The van der Waals surface area contributed by atoms with Crippen molar-refractivity contribution in [3.05, 3.63) is 76.5 Å². The van der Waals surface area contributed by atoms with Crippen molar-refractivity contribution in [3.8, 4) is 17.2 Å². The van der Waals surface area contributed by atoms with E-state index in [1.807, 2.05) is 24.4 Å². The molecule has 0 spiro atoms. The van der Waals surface area contributed by atoms with Gasteiger partial charge in [0.25, 0.3) is 0 Å². The molecule has 0 fully saturated rings. The molecule has 0 bridgehead atoms. The number of ketones is 1. The molecule has 25 heavy (non-hydrogen) atoms. The summed E-state index contributed by atoms with van der Waals surface area (Å²) in [5.41, 5.74) is 2.15. The van der Waals surface area contributed by atoms with Crippen LogP contribution in [0.15, 0.2) is 65.4 Å². The Morgan fingerprint density at radius 1 is 1.28 bits per heavy atom. The monoisotopic (exact) mass is 398 g/mol. The number of methoxy groups -OCH3 is 1. The molecule has 2 aromatic carbocycles. The summed E-state index contributed by atoms with van der Waals surface area (Å²) >= 11 is 3.26. The van der Waals surface area contributed by atoms with Crippen LogP contribution in [0.3, 0.4) is 0 Å². The van der Waals surface area contributed by atoms with Crippen molar-refractivity contribution in [2.24, 2.45) is 0 Å². The molecule has 126 valence electrons. The second kappa shape index (κ2) is 7.36. The van der Waals surface area contributed by atoms with Gasteiger partial charge in [0, 0.05) is 29.6 Å². The lowest BCUT2D eigenvalue weighted by Gasteiger charge is -2.07. The highest BCUT2D eigenvalue weighted by atomic mass is 79.9. The smallest absolute Gasteiger partial charge is 0.185 e. The molecule has 3 rings (SSSR count). The fourth-order valence-corrected chi connectivity index (χ4v) is 2.69. The van der Waals surface area contributed by atoms with Crippen LogP contribution in [-0.4, -0.2) is 27.8 Å². The number of halogens is 1. The standard InChI is InChI=1S/C19H15BrN2O3/c1-25-19-12-18(24)16(20)11-14(19)5-8-17(23)13-3-6-15(7-4-13)22-10-2-9-21-22/h2-12,24H,1H3/b8-5+. The molecule has 0 saturated heterocycles. The molecule has 0 unspecified atom stereocenters. The number of ether oxygens (including phenoxy) is 1. The molecule has 1 N–H and O–H groups in total. The Morgan fingerprint density at radius 3 is 2.68 bits per heavy atom. The van der Waals surface area contributed by atoms with Gasteiger partial charge >= 0.3 is 0 Å². The van der Waals surface area contributed by atoms with Gasteiger partial charge in [-0.3, -0.25) is 4.79 Å². The van der Waals surface area contributed by atoms with E-state index >= 15 is 0 Å². The maximum Gasteiger partial charge on any atom is 0.185 e. The third kappa shape index (κ3) is 3.80. The van der Waals surface area contributed by atoms with Gasteiger partial charge in [-0.2, -0.15) is 5.10 Å². The number of rotatable bonds is 5. The number of benzene rings is 2. The fourth-order valence-electron chi connectivity index (χ4n) is 2.33. The molecule has 0 amide bonds. The molecule has 0 aliphatic carbocycles. The Balaban J connectivity index is 1.80. The largest absolute Gasteiger partial charge is 0.507 e. The quantitative estimate of drug-likeness (QED) is 0.515. The number of hydrogen-bond donors (Lipinski definition) is 1. The van der Waals surface area contributed by atoms with Crippen LogP contribution in [0.1, 0.15) is 15.9 Å². The van der Waals surface area contributed by atoms with Gasteiger partial charge in [0.2, 0.25) is 0 Å². The minimum Gasteiger partial charge on any atom is -0.507 e. The fraction of sp³-hybridized carbons (Fsp3) is 0.0526. The van der Waals surface area contributed by atoms with Crippen LogP contribution in [0.25, 0.3) is 11.8 Å². The molecule has 0 saturated carbocycles. The highest BCUT2D eigenvalue weighted by molar-refractivity contribution is 9.10. The third-order valence-corrected chi connectivity index (χ3v) is 4.27. The Hall–Kier alpha value is -2.86. The number of allylic oxidation sites excluding steroid dienone is 1. The lowest BCUT2D eigenvalue weighted by Crippen LogP contribution is -1.97. The molecule has 1 aromatic heterocycles. The van der Waals surface area contributed by atoms with Crippen molar-refractivity contribution in [2.75, 3.05) is 7.11 Å². The van der Waals surface area contributed by atoms with Crippen LogP contribution < -0.4 is 4.74 Å². The van der Waals surface area contributed by atoms with Crippen molar-refractivity contribution in [1.29, 1.82) is 0 Å². The molecular formula is C19H15BrN2O3. The van der Waals surface area contributed by atoms with Crippen LogP contribution in [0.5, 0.6) is 11.5 Å². The summed E-state index contributed by atoms with van der Waals surface area (Å²) in [6.07, 6.45) is 6.67. The van der Waals surface area contributed by atoms with Gasteiger partial charge in [-0.05, 0) is 64.5 Å². The van der Waals surface area contributed by atoms with Gasteiger partial charge in [-0.15, -0.1) is 0 Å². The number of carbonyl (C=O) groups is 1. The van der Waals surface area contributed by atoms with E-state index in [0.29, 0.717) is 21.3 Å². The van der Waals surface area contributed by atoms with Gasteiger partial charge in [0.05, 0.1) is 17.3 Å². The predicted octanol–water partition coefficient (Wildman–Crippen LogP) is 4.25. The number of carbonyl (C=O) groups excluding carboxylic acids is 1. The first-order chi connectivity index (χ1) is 12.1. The molecule has 0 aliphatic rings. The molecule has 5 nitrogen and oxygen atoms in total. The predicted molar refractivity (Wildman–Crippen MR) is 99.3 cm³/mol. The Morgan fingerprint density at radius 2 is 2.04 bits per heavy atom. The Kier molecular flexibility index (Phi) is 5.00. The van der Waals surface area contributed by atoms with Crippen molar-refractivity contribution in [2.45, 2.75) is 0 Å². The van der Waals surface area contributed by atoms with E-state index in [4.69, 9.17) is 4.74 Å². The van der Waals surface area contributed by atoms with Gasteiger partial charge in [-0.25, -0.2) is 4.68 Å². The van der Waals surface area contributed by atoms with Crippen molar-refractivity contribution < 1.29 is 14.6 Å². The number of nitrogens with zero attached hydrogens (tertiary/aromatic N) is 2. The lowest BCUT2D eigenvalue weighted by molar-refractivity contribution is 0.104. The minimum atomic E-state index is -0.127. The van der Waals surface area contributed by atoms with Crippen molar-refractivity contribution in [1.82, 2.24) is 9.78 Å². The van der Waals surface area contributed by atoms with Crippen LogP contribution in [0.2, 0.25) is 0 Å². The van der Waals surface area contributed by atoms with Gasteiger partial charge in [-0.1, -0.05) is 0 Å². The van der Waals surface area contributed by atoms with E-state index in [9.17, 15) is 9.90 Å². The maximum absolute atomic E-state index is 12.4. The average molecular weight is 399 g/mol. The summed E-state index contributed by atoms with van der Waals surface area (Å²) in [5, 5.41) is 13.8. The second-order valence-electron chi connectivity index (χ2n) is 5.24. The van der Waals surface area contributed by atoms with E-state index in [1.165, 1.54) is 19.3 Å². The highest BCUT2D eigenvalue weighted by Gasteiger charge is 2.08. The topological polar surface area (TPSA) is 64.3 Å². The SMILES string of the molecule is COc1cc(O)c(Br)cc1/C=C/C(=O)c1ccc(-n2cccn2)cc1. The maximum atomic E-state index is 12.4. The van der Waals surface area contributed by atoms with E-state index in [0.717, 1.165) is 5.69 Å². The van der Waals surface area contributed by atoms with E-state index in [1.54, 1.807) is 35.2 Å². The summed E-state index contributed by atoms with van der Waals surface area (Å²) in [5.74, 6) is 0.437. The zero-order valence-corrected chi connectivity index (χ0v) is 15.0. The summed E-state index contributed by atoms with van der Waals surface area (Å²) < 4.78 is 7.48. The molecular weight excluding hydrogens is 384 g/mol. The Bertz CT molecular complexity index is 917. The van der Waals surface area contributed by atoms with Crippen LogP contribution >= 0.6 is 15.9 Å². The summed E-state index contributed by atoms with van der Waals surface area (Å²) in [7, 11) is 1.51. The first kappa shape index (κ1) is 17.0. The highest BCUT2D eigenvalue weighted by Crippen LogP contribution is 2.32. The third-order valence-electron chi connectivity index (χ3n) is 3.63. The van der Waals surface area contributed by atoms with E-state index in [-0.39, 0.29) is 11.5 Å². The first-order valence-electron chi connectivity index (χ1n) is 7.47. The normalized spacial score (nSPS) is 11.0. The zero-order valence-electron chi connectivity index (χ0n) is 13.4. The van der Waals surface area contributed by atoms with Crippen LogP contribution in [0.4, 0.5) is 0 Å².